The van der Waals surface area contributed by atoms with Gasteiger partial charge in [-0.1, -0.05) is 55.8 Å². The first-order chi connectivity index (χ1) is 18.3. The molecule has 0 bridgehead atoms. The number of aryl methyl sites for hydroxylation is 2. The summed E-state index contributed by atoms with van der Waals surface area (Å²) in [6.45, 7) is 11.6. The van der Waals surface area contributed by atoms with E-state index in [-0.39, 0.29) is 11.5 Å². The molecule has 200 valence electrons. The van der Waals surface area contributed by atoms with Gasteiger partial charge in [0.25, 0.3) is 11.8 Å². The minimum absolute atomic E-state index is 0.226. The first kappa shape index (κ1) is 29.4. The Morgan fingerprint density at radius 2 is 1.68 bits per heavy atom. The van der Waals surface area contributed by atoms with Crippen LogP contribution < -0.4 is 10.7 Å². The van der Waals surface area contributed by atoms with Crippen LogP contribution in [0.25, 0.3) is 0 Å². The lowest BCUT2D eigenvalue weighted by atomic mass is 10.1. The highest BCUT2D eigenvalue weighted by Gasteiger charge is 2.15. The smallest absolute Gasteiger partial charge is 0.273 e. The van der Waals surface area contributed by atoms with Gasteiger partial charge in [-0.25, -0.2) is 5.43 Å². The van der Waals surface area contributed by atoms with Gasteiger partial charge in [0.15, 0.2) is 0 Å². The Balaban J connectivity index is 1.60. The van der Waals surface area contributed by atoms with E-state index in [1.54, 1.807) is 30.5 Å². The Kier molecular flexibility index (Phi) is 11.4. The van der Waals surface area contributed by atoms with Crippen molar-refractivity contribution in [1.82, 2.24) is 10.3 Å². The zero-order valence-corrected chi connectivity index (χ0v) is 24.0. The van der Waals surface area contributed by atoms with Gasteiger partial charge >= 0.3 is 0 Å². The molecule has 0 atom stereocenters. The lowest BCUT2D eigenvalue weighted by Gasteiger charge is -2.17. The minimum Gasteiger partial charge on any atom is -0.321 e. The number of hydrazone groups is 1. The van der Waals surface area contributed by atoms with Crippen LogP contribution in [0.2, 0.25) is 5.02 Å². The van der Waals surface area contributed by atoms with E-state index in [9.17, 15) is 9.59 Å². The fraction of sp³-hybridized carbons (Fsp3) is 0.300. The molecule has 0 saturated heterocycles. The molecule has 0 unspecified atom stereocenters. The summed E-state index contributed by atoms with van der Waals surface area (Å²) in [4.78, 5) is 28.2. The van der Waals surface area contributed by atoms with E-state index in [0.717, 1.165) is 42.3 Å². The topological polar surface area (TPSA) is 73.8 Å². The summed E-state index contributed by atoms with van der Waals surface area (Å²) in [6, 6.07) is 18.2. The van der Waals surface area contributed by atoms with Gasteiger partial charge in [0.1, 0.15) is 0 Å². The summed E-state index contributed by atoms with van der Waals surface area (Å²) in [6.07, 6.45) is 1.58. The minimum atomic E-state index is -0.472. The highest BCUT2D eigenvalue weighted by molar-refractivity contribution is 7.98. The van der Waals surface area contributed by atoms with Gasteiger partial charge in [-0.3, -0.25) is 9.59 Å². The van der Waals surface area contributed by atoms with Crippen molar-refractivity contribution in [3.8, 4) is 0 Å². The molecule has 0 fully saturated rings. The Hall–Kier alpha value is -3.13. The molecule has 2 N–H and O–H groups in total. The number of benzene rings is 3. The largest absolute Gasteiger partial charge is 0.321 e. The van der Waals surface area contributed by atoms with E-state index in [1.807, 2.05) is 55.9 Å². The summed E-state index contributed by atoms with van der Waals surface area (Å²) in [5.74, 6) is 1.19. The molecule has 0 spiro atoms. The van der Waals surface area contributed by atoms with E-state index < -0.39 is 5.91 Å². The standard InChI is InChI=1S/C30H35ClN4O2S/c1-5-35(6-2)15-16-38-20-23-9-11-25(12-10-23)29(36)33-28-14-13-26(31)18-27(28)30(37)34-32-19-24-8-7-21(3)22(4)17-24/h7-14,17-19H,5-6,15-16,20H2,1-4H3,(H,33,36)(H,34,37)/b32-19+. The lowest BCUT2D eigenvalue weighted by Crippen LogP contribution is -2.25. The normalized spacial score (nSPS) is 11.2. The van der Waals surface area contributed by atoms with Gasteiger partial charge in [-0.2, -0.15) is 16.9 Å². The van der Waals surface area contributed by atoms with Crippen LogP contribution in [0.3, 0.4) is 0 Å². The highest BCUT2D eigenvalue weighted by Crippen LogP contribution is 2.22. The van der Waals surface area contributed by atoms with E-state index in [0.29, 0.717) is 16.3 Å². The predicted molar refractivity (Wildman–Crippen MR) is 161 cm³/mol. The van der Waals surface area contributed by atoms with Crippen LogP contribution in [0, 0.1) is 13.8 Å². The van der Waals surface area contributed by atoms with Crippen LogP contribution in [-0.2, 0) is 5.75 Å². The van der Waals surface area contributed by atoms with Crippen molar-refractivity contribution < 1.29 is 9.59 Å². The second kappa shape index (κ2) is 14.7. The van der Waals surface area contributed by atoms with E-state index in [1.165, 1.54) is 17.2 Å². The molecule has 8 heteroatoms. The molecule has 2 amide bonds. The number of amides is 2. The molecule has 0 saturated carbocycles. The van der Waals surface area contributed by atoms with Gasteiger partial charge in [-0.15, -0.1) is 0 Å². The number of carbonyl (C=O) groups excluding carboxylic acids is 2. The third-order valence-electron chi connectivity index (χ3n) is 6.32. The molecule has 0 aliphatic rings. The summed E-state index contributed by atoms with van der Waals surface area (Å²) in [7, 11) is 0. The summed E-state index contributed by atoms with van der Waals surface area (Å²) < 4.78 is 0. The van der Waals surface area contributed by atoms with Crippen LogP contribution in [0.15, 0.2) is 65.8 Å². The number of thioether (sulfide) groups is 1. The summed E-state index contributed by atoms with van der Waals surface area (Å²) >= 11 is 8.03. The monoisotopic (exact) mass is 550 g/mol. The van der Waals surface area contributed by atoms with Crippen molar-refractivity contribution in [3.05, 3.63) is 99.1 Å². The SMILES string of the molecule is CCN(CC)CCSCc1ccc(C(=O)Nc2ccc(Cl)cc2C(=O)N/N=C/c2ccc(C)c(C)c2)cc1. The Bertz CT molecular complexity index is 1270. The predicted octanol–water partition coefficient (Wildman–Crippen LogP) is 6.55. The molecule has 3 aromatic rings. The third-order valence-corrected chi connectivity index (χ3v) is 7.56. The van der Waals surface area contributed by atoms with Crippen LogP contribution >= 0.6 is 23.4 Å². The first-order valence-corrected chi connectivity index (χ1v) is 14.2. The van der Waals surface area contributed by atoms with Crippen LogP contribution in [0.1, 0.15) is 56.8 Å². The van der Waals surface area contributed by atoms with E-state index in [2.05, 4.69) is 34.6 Å². The Labute approximate surface area is 234 Å². The first-order valence-electron chi connectivity index (χ1n) is 12.7. The average molecular weight is 551 g/mol. The van der Waals surface area contributed by atoms with Crippen molar-refractivity contribution in [2.75, 3.05) is 30.7 Å². The average Bonchev–Trinajstić information content (AvgIpc) is 2.92. The van der Waals surface area contributed by atoms with Crippen LogP contribution in [0.4, 0.5) is 5.69 Å². The molecule has 38 heavy (non-hydrogen) atoms. The van der Waals surface area contributed by atoms with Crippen LogP contribution in [-0.4, -0.2) is 48.3 Å². The fourth-order valence-corrected chi connectivity index (χ4v) is 4.89. The Morgan fingerprint density at radius 1 is 0.947 bits per heavy atom. The maximum atomic E-state index is 12.9. The fourth-order valence-electron chi connectivity index (χ4n) is 3.75. The number of hydrogen-bond donors (Lipinski definition) is 2. The van der Waals surface area contributed by atoms with E-state index >= 15 is 0 Å². The molecule has 3 rings (SSSR count). The van der Waals surface area contributed by atoms with Crippen molar-refractivity contribution in [3.63, 3.8) is 0 Å². The zero-order chi connectivity index (χ0) is 27.5. The number of nitrogens with zero attached hydrogens (tertiary/aromatic N) is 2. The Morgan fingerprint density at radius 3 is 2.37 bits per heavy atom. The number of rotatable bonds is 12. The zero-order valence-electron chi connectivity index (χ0n) is 22.4. The molecule has 0 heterocycles. The van der Waals surface area contributed by atoms with Gasteiger partial charge in [0, 0.05) is 28.6 Å². The number of carbonyl (C=O) groups is 2. The molecule has 0 aliphatic heterocycles. The number of anilines is 1. The summed E-state index contributed by atoms with van der Waals surface area (Å²) in [5.41, 5.74) is 7.98. The van der Waals surface area contributed by atoms with E-state index in [4.69, 9.17) is 11.6 Å². The summed E-state index contributed by atoms with van der Waals surface area (Å²) in [5, 5.41) is 7.29. The highest BCUT2D eigenvalue weighted by atomic mass is 35.5. The number of nitrogens with one attached hydrogen (secondary N) is 2. The maximum absolute atomic E-state index is 12.9. The molecular formula is C30H35ClN4O2S. The van der Waals surface area contributed by atoms with Crippen molar-refractivity contribution in [1.29, 1.82) is 0 Å². The second-order valence-corrected chi connectivity index (χ2v) is 10.5. The maximum Gasteiger partial charge on any atom is 0.273 e. The second-order valence-electron chi connectivity index (χ2n) is 8.96. The van der Waals surface area contributed by atoms with Gasteiger partial charge in [-0.05, 0) is 79.5 Å². The molecule has 0 radical (unpaired) electrons. The van der Waals surface area contributed by atoms with Gasteiger partial charge in [0.05, 0.1) is 17.5 Å². The van der Waals surface area contributed by atoms with Gasteiger partial charge in [0.2, 0.25) is 0 Å². The molecule has 0 aromatic heterocycles. The van der Waals surface area contributed by atoms with Gasteiger partial charge < -0.3 is 10.2 Å². The van der Waals surface area contributed by atoms with Crippen molar-refractivity contribution >= 4 is 47.1 Å². The van der Waals surface area contributed by atoms with Crippen LogP contribution in [0.5, 0.6) is 0 Å². The molecule has 0 aliphatic carbocycles. The lowest BCUT2D eigenvalue weighted by molar-refractivity contribution is 0.0956. The van der Waals surface area contributed by atoms with Crippen molar-refractivity contribution in [2.45, 2.75) is 33.4 Å². The molecule has 3 aromatic carbocycles. The molecule has 6 nitrogen and oxygen atoms in total. The number of halogens is 1. The van der Waals surface area contributed by atoms with Crippen molar-refractivity contribution in [2.24, 2.45) is 5.10 Å². The third kappa shape index (κ3) is 8.72. The number of hydrogen-bond acceptors (Lipinski definition) is 5. The quantitative estimate of drug-likeness (QED) is 0.152. The molecular weight excluding hydrogens is 516 g/mol.